The molecule has 0 saturated carbocycles. The molecule has 1 aliphatic rings. The molecule has 0 unspecified atom stereocenters. The Labute approximate surface area is 101 Å². The van der Waals surface area contributed by atoms with Crippen molar-refractivity contribution in [3.05, 3.63) is 59.7 Å². The van der Waals surface area contributed by atoms with Gasteiger partial charge in [0.2, 0.25) is 0 Å². The van der Waals surface area contributed by atoms with E-state index in [0.717, 1.165) is 0 Å². The number of benzene rings is 2. The fourth-order valence-corrected chi connectivity index (χ4v) is 3.63. The standard InChI is InChI=1S/C15H14S/c1-2-11-12-7-3-5-9-14(12)16-15-10-6-4-8-13(11)15/h3-11H,2H2,1H3. The molecule has 1 heterocycles. The first-order valence-corrected chi connectivity index (χ1v) is 6.57. The Morgan fingerprint density at radius 3 is 1.88 bits per heavy atom. The Kier molecular flexibility index (Phi) is 2.49. The molecule has 0 N–H and O–H groups in total. The highest BCUT2D eigenvalue weighted by Crippen LogP contribution is 2.46. The summed E-state index contributed by atoms with van der Waals surface area (Å²) in [5, 5.41) is 0. The van der Waals surface area contributed by atoms with Crippen LogP contribution in [0, 0.1) is 0 Å². The van der Waals surface area contributed by atoms with Gasteiger partial charge in [0.25, 0.3) is 0 Å². The molecule has 0 radical (unpaired) electrons. The van der Waals surface area contributed by atoms with Gasteiger partial charge in [-0.1, -0.05) is 55.1 Å². The Balaban J connectivity index is 2.19. The van der Waals surface area contributed by atoms with E-state index in [1.807, 2.05) is 11.8 Å². The fourth-order valence-electron chi connectivity index (χ4n) is 2.45. The lowest BCUT2D eigenvalue weighted by molar-refractivity contribution is 0.739. The number of hydrogen-bond acceptors (Lipinski definition) is 1. The van der Waals surface area contributed by atoms with Crippen molar-refractivity contribution >= 4 is 11.8 Å². The van der Waals surface area contributed by atoms with Crippen molar-refractivity contribution in [1.82, 2.24) is 0 Å². The molecule has 0 aliphatic carbocycles. The molecule has 0 amide bonds. The second-order valence-electron chi connectivity index (χ2n) is 4.14. The van der Waals surface area contributed by atoms with Crippen LogP contribution in [0.2, 0.25) is 0 Å². The van der Waals surface area contributed by atoms with Gasteiger partial charge in [0, 0.05) is 15.7 Å². The molecule has 2 aromatic carbocycles. The maximum absolute atomic E-state index is 2.27. The Bertz CT molecular complexity index is 471. The number of rotatable bonds is 1. The molecule has 0 saturated heterocycles. The summed E-state index contributed by atoms with van der Waals surface area (Å²) in [6, 6.07) is 17.6. The zero-order valence-electron chi connectivity index (χ0n) is 9.31. The first kappa shape index (κ1) is 9.98. The fraction of sp³-hybridized carbons (Fsp3) is 0.200. The van der Waals surface area contributed by atoms with E-state index in [9.17, 15) is 0 Å². The second kappa shape index (κ2) is 3.99. The van der Waals surface area contributed by atoms with Gasteiger partial charge in [0.15, 0.2) is 0 Å². The van der Waals surface area contributed by atoms with E-state index < -0.39 is 0 Å². The van der Waals surface area contributed by atoms with E-state index in [1.54, 1.807) is 0 Å². The first-order chi connectivity index (χ1) is 7.90. The van der Waals surface area contributed by atoms with Gasteiger partial charge < -0.3 is 0 Å². The zero-order valence-corrected chi connectivity index (χ0v) is 10.1. The Morgan fingerprint density at radius 1 is 0.875 bits per heavy atom. The quantitative estimate of drug-likeness (QED) is 0.679. The van der Waals surface area contributed by atoms with E-state index in [-0.39, 0.29) is 0 Å². The molecule has 0 nitrogen and oxygen atoms in total. The molecule has 0 aromatic heterocycles. The molecule has 2 aromatic rings. The van der Waals surface area contributed by atoms with Crippen LogP contribution >= 0.6 is 11.8 Å². The molecule has 3 rings (SSSR count). The van der Waals surface area contributed by atoms with Crippen molar-refractivity contribution in [1.29, 1.82) is 0 Å². The van der Waals surface area contributed by atoms with Crippen molar-refractivity contribution in [3.8, 4) is 0 Å². The van der Waals surface area contributed by atoms with Crippen LogP contribution < -0.4 is 0 Å². The van der Waals surface area contributed by atoms with E-state index in [2.05, 4.69) is 55.5 Å². The van der Waals surface area contributed by atoms with Crippen molar-refractivity contribution < 1.29 is 0 Å². The highest BCUT2D eigenvalue weighted by molar-refractivity contribution is 7.99. The average molecular weight is 226 g/mol. The van der Waals surface area contributed by atoms with Crippen LogP contribution in [0.5, 0.6) is 0 Å². The summed E-state index contributed by atoms with van der Waals surface area (Å²) in [4.78, 5) is 2.85. The molecule has 0 spiro atoms. The summed E-state index contributed by atoms with van der Waals surface area (Å²) >= 11 is 1.90. The maximum Gasteiger partial charge on any atom is 0.0160 e. The van der Waals surface area contributed by atoms with Crippen LogP contribution in [0.1, 0.15) is 30.4 Å². The molecule has 0 fully saturated rings. The first-order valence-electron chi connectivity index (χ1n) is 5.76. The van der Waals surface area contributed by atoms with Crippen LogP contribution in [-0.4, -0.2) is 0 Å². The molecule has 16 heavy (non-hydrogen) atoms. The highest BCUT2D eigenvalue weighted by atomic mass is 32.2. The lowest BCUT2D eigenvalue weighted by Crippen LogP contribution is -2.06. The molecular weight excluding hydrogens is 212 g/mol. The zero-order chi connectivity index (χ0) is 11.0. The van der Waals surface area contributed by atoms with Gasteiger partial charge in [0.05, 0.1) is 0 Å². The third-order valence-corrected chi connectivity index (χ3v) is 4.40. The van der Waals surface area contributed by atoms with Crippen LogP contribution in [0.3, 0.4) is 0 Å². The molecule has 1 aliphatic heterocycles. The summed E-state index contributed by atoms with van der Waals surface area (Å²) in [6.07, 6.45) is 1.18. The largest absolute Gasteiger partial charge is 0.0895 e. The number of hydrogen-bond donors (Lipinski definition) is 0. The van der Waals surface area contributed by atoms with Crippen LogP contribution in [0.4, 0.5) is 0 Å². The molecule has 0 bridgehead atoms. The monoisotopic (exact) mass is 226 g/mol. The summed E-state index contributed by atoms with van der Waals surface area (Å²) in [6.45, 7) is 2.27. The Morgan fingerprint density at radius 2 is 1.38 bits per heavy atom. The maximum atomic E-state index is 2.27. The average Bonchev–Trinajstić information content (AvgIpc) is 2.36. The van der Waals surface area contributed by atoms with Gasteiger partial charge in [-0.15, -0.1) is 0 Å². The highest BCUT2D eigenvalue weighted by Gasteiger charge is 2.23. The van der Waals surface area contributed by atoms with Crippen molar-refractivity contribution in [2.45, 2.75) is 29.1 Å². The van der Waals surface area contributed by atoms with Gasteiger partial charge >= 0.3 is 0 Å². The molecule has 0 atom stereocenters. The van der Waals surface area contributed by atoms with Crippen molar-refractivity contribution in [2.24, 2.45) is 0 Å². The minimum atomic E-state index is 0.577. The predicted molar refractivity (Wildman–Crippen MR) is 69.1 cm³/mol. The van der Waals surface area contributed by atoms with Gasteiger partial charge in [-0.2, -0.15) is 0 Å². The molecule has 1 heteroatoms. The smallest absolute Gasteiger partial charge is 0.0160 e. The second-order valence-corrected chi connectivity index (χ2v) is 5.22. The van der Waals surface area contributed by atoms with Gasteiger partial charge in [-0.25, -0.2) is 0 Å². The summed E-state index contributed by atoms with van der Waals surface area (Å²) in [5.41, 5.74) is 2.99. The van der Waals surface area contributed by atoms with Crippen molar-refractivity contribution in [2.75, 3.05) is 0 Å². The lowest BCUT2D eigenvalue weighted by atomic mass is 9.89. The third kappa shape index (κ3) is 1.47. The van der Waals surface area contributed by atoms with Crippen LogP contribution in [-0.2, 0) is 0 Å². The van der Waals surface area contributed by atoms with E-state index >= 15 is 0 Å². The molecule has 80 valence electrons. The SMILES string of the molecule is CCC1c2ccccc2Sc2ccccc21. The topological polar surface area (TPSA) is 0 Å². The number of fused-ring (bicyclic) bond motifs is 2. The van der Waals surface area contributed by atoms with Gasteiger partial charge in [0.1, 0.15) is 0 Å². The normalized spacial score (nSPS) is 14.3. The van der Waals surface area contributed by atoms with Crippen molar-refractivity contribution in [3.63, 3.8) is 0 Å². The Hall–Kier alpha value is -1.21. The summed E-state index contributed by atoms with van der Waals surface area (Å²) < 4.78 is 0. The van der Waals surface area contributed by atoms with Gasteiger partial charge in [-0.3, -0.25) is 0 Å². The predicted octanol–water partition coefficient (Wildman–Crippen LogP) is 4.69. The van der Waals surface area contributed by atoms with Crippen LogP contribution in [0.15, 0.2) is 58.3 Å². The summed E-state index contributed by atoms with van der Waals surface area (Å²) in [7, 11) is 0. The van der Waals surface area contributed by atoms with E-state index in [1.165, 1.54) is 27.3 Å². The summed E-state index contributed by atoms with van der Waals surface area (Å²) in [5.74, 6) is 0.577. The van der Waals surface area contributed by atoms with E-state index in [4.69, 9.17) is 0 Å². The van der Waals surface area contributed by atoms with Crippen LogP contribution in [0.25, 0.3) is 0 Å². The minimum absolute atomic E-state index is 0.577. The van der Waals surface area contributed by atoms with Gasteiger partial charge in [-0.05, 0) is 29.7 Å². The van der Waals surface area contributed by atoms with E-state index in [0.29, 0.717) is 5.92 Å². The molecular formula is C15H14S. The lowest BCUT2D eigenvalue weighted by Gasteiger charge is -2.26. The third-order valence-electron chi connectivity index (χ3n) is 3.22. The minimum Gasteiger partial charge on any atom is -0.0895 e.